The molecule has 0 spiro atoms. The summed E-state index contributed by atoms with van der Waals surface area (Å²) in [4.78, 5) is 24.4. The molecule has 0 N–H and O–H groups in total. The molecule has 3 rings (SSSR count). The summed E-state index contributed by atoms with van der Waals surface area (Å²) in [5, 5.41) is 0. The standard InChI is InChI=1S/C19H24O2/c1-5-19-10-6-13(20)12-15(19)18(4)9-8-16(21)17(2,3)14(18)7-11-19/h1,12,14H,6-11H2,2-4H3/t14-,18-,19+/m0/s1. The van der Waals surface area contributed by atoms with E-state index in [9.17, 15) is 9.59 Å². The fourth-order valence-electron chi connectivity index (χ4n) is 5.29. The van der Waals surface area contributed by atoms with E-state index in [1.54, 1.807) is 0 Å². The average molecular weight is 284 g/mol. The summed E-state index contributed by atoms with van der Waals surface area (Å²) in [7, 11) is 0. The Morgan fingerprint density at radius 3 is 2.52 bits per heavy atom. The second-order valence-electron chi connectivity index (χ2n) is 7.90. The number of carbonyl (C=O) groups is 2. The molecule has 0 unspecified atom stereocenters. The van der Waals surface area contributed by atoms with Crippen molar-refractivity contribution >= 4 is 11.6 Å². The van der Waals surface area contributed by atoms with Crippen molar-refractivity contribution in [2.24, 2.45) is 22.2 Å². The Balaban J connectivity index is 2.14. The predicted molar refractivity (Wildman–Crippen MR) is 82.4 cm³/mol. The summed E-state index contributed by atoms with van der Waals surface area (Å²) in [5.41, 5.74) is 0.508. The predicted octanol–water partition coefficient (Wildman–Crippen LogP) is 3.70. The van der Waals surface area contributed by atoms with Crippen molar-refractivity contribution in [3.63, 3.8) is 0 Å². The van der Waals surface area contributed by atoms with Crippen molar-refractivity contribution in [3.05, 3.63) is 11.6 Å². The van der Waals surface area contributed by atoms with E-state index in [0.717, 1.165) is 31.3 Å². The topological polar surface area (TPSA) is 34.1 Å². The fraction of sp³-hybridized carbons (Fsp3) is 0.684. The minimum absolute atomic E-state index is 0.0991. The van der Waals surface area contributed by atoms with Gasteiger partial charge in [-0.2, -0.15) is 0 Å². The Morgan fingerprint density at radius 1 is 1.14 bits per heavy atom. The van der Waals surface area contributed by atoms with Gasteiger partial charge in [-0.3, -0.25) is 9.59 Å². The van der Waals surface area contributed by atoms with Gasteiger partial charge in [0, 0.05) is 18.3 Å². The lowest BCUT2D eigenvalue weighted by Crippen LogP contribution is -2.54. The maximum atomic E-state index is 12.4. The van der Waals surface area contributed by atoms with E-state index in [4.69, 9.17) is 6.42 Å². The average Bonchev–Trinajstić information content (AvgIpc) is 2.44. The van der Waals surface area contributed by atoms with Crippen LogP contribution in [-0.2, 0) is 9.59 Å². The van der Waals surface area contributed by atoms with Crippen LogP contribution in [0.4, 0.5) is 0 Å². The van der Waals surface area contributed by atoms with E-state index in [1.807, 2.05) is 6.08 Å². The zero-order valence-corrected chi connectivity index (χ0v) is 13.3. The third-order valence-electron chi connectivity index (χ3n) is 6.60. The smallest absolute Gasteiger partial charge is 0.155 e. The second-order valence-corrected chi connectivity index (χ2v) is 7.90. The summed E-state index contributed by atoms with van der Waals surface area (Å²) in [6, 6.07) is 0. The van der Waals surface area contributed by atoms with E-state index in [-0.39, 0.29) is 22.0 Å². The molecular formula is C19H24O2. The highest BCUT2D eigenvalue weighted by atomic mass is 16.1. The van der Waals surface area contributed by atoms with Crippen molar-refractivity contribution in [2.75, 3.05) is 0 Å². The van der Waals surface area contributed by atoms with Gasteiger partial charge in [-0.05, 0) is 48.7 Å². The van der Waals surface area contributed by atoms with Gasteiger partial charge in [0.1, 0.15) is 5.78 Å². The van der Waals surface area contributed by atoms with Gasteiger partial charge in [-0.25, -0.2) is 0 Å². The Labute approximate surface area is 127 Å². The number of fused-ring (bicyclic) bond motifs is 3. The van der Waals surface area contributed by atoms with Gasteiger partial charge >= 0.3 is 0 Å². The van der Waals surface area contributed by atoms with E-state index >= 15 is 0 Å². The molecule has 2 saturated carbocycles. The first-order valence-electron chi connectivity index (χ1n) is 8.03. The number of carbonyl (C=O) groups excluding carboxylic acids is 2. The lowest BCUT2D eigenvalue weighted by molar-refractivity contribution is -0.141. The molecule has 3 aliphatic carbocycles. The summed E-state index contributed by atoms with van der Waals surface area (Å²) < 4.78 is 0. The number of hydrogen-bond donors (Lipinski definition) is 0. The number of allylic oxidation sites excluding steroid dienone is 2. The van der Waals surface area contributed by atoms with Crippen LogP contribution >= 0.6 is 0 Å². The van der Waals surface area contributed by atoms with Gasteiger partial charge in [-0.15, -0.1) is 6.42 Å². The van der Waals surface area contributed by atoms with Gasteiger partial charge in [0.15, 0.2) is 5.78 Å². The number of hydrogen-bond acceptors (Lipinski definition) is 2. The molecule has 0 radical (unpaired) electrons. The van der Waals surface area contributed by atoms with Crippen LogP contribution in [-0.4, -0.2) is 11.6 Å². The lowest BCUT2D eigenvalue weighted by Gasteiger charge is -2.59. The van der Waals surface area contributed by atoms with Crippen LogP contribution in [0.5, 0.6) is 0 Å². The highest BCUT2D eigenvalue weighted by Gasteiger charge is 2.59. The fourth-order valence-corrected chi connectivity index (χ4v) is 5.29. The largest absolute Gasteiger partial charge is 0.299 e. The first-order chi connectivity index (χ1) is 9.76. The molecule has 3 atom stereocenters. The molecule has 0 saturated heterocycles. The Morgan fingerprint density at radius 2 is 1.86 bits per heavy atom. The highest BCUT2D eigenvalue weighted by Crippen LogP contribution is 2.64. The van der Waals surface area contributed by atoms with Crippen LogP contribution in [0.3, 0.4) is 0 Å². The molecule has 0 aromatic heterocycles. The maximum Gasteiger partial charge on any atom is 0.155 e. The zero-order valence-electron chi connectivity index (χ0n) is 13.3. The maximum absolute atomic E-state index is 12.4. The molecule has 2 fully saturated rings. The minimum Gasteiger partial charge on any atom is -0.299 e. The molecule has 3 aliphatic rings. The molecule has 0 aromatic rings. The van der Waals surface area contributed by atoms with Crippen LogP contribution < -0.4 is 0 Å². The van der Waals surface area contributed by atoms with E-state index in [1.165, 1.54) is 0 Å². The summed E-state index contributed by atoms with van der Waals surface area (Å²) >= 11 is 0. The summed E-state index contributed by atoms with van der Waals surface area (Å²) in [6.07, 6.45) is 12.4. The van der Waals surface area contributed by atoms with Crippen LogP contribution in [0.15, 0.2) is 11.6 Å². The van der Waals surface area contributed by atoms with Gasteiger partial charge in [0.25, 0.3) is 0 Å². The molecule has 0 amide bonds. The van der Waals surface area contributed by atoms with E-state index < -0.39 is 0 Å². The van der Waals surface area contributed by atoms with Crippen LogP contribution in [0, 0.1) is 34.5 Å². The van der Waals surface area contributed by atoms with Crippen molar-refractivity contribution in [2.45, 2.75) is 59.3 Å². The zero-order chi connectivity index (χ0) is 15.5. The van der Waals surface area contributed by atoms with Crippen LogP contribution in [0.2, 0.25) is 0 Å². The van der Waals surface area contributed by atoms with Crippen molar-refractivity contribution in [1.29, 1.82) is 0 Å². The van der Waals surface area contributed by atoms with Gasteiger partial charge in [-0.1, -0.05) is 26.7 Å². The number of terminal acetylenes is 1. The molecule has 0 aromatic carbocycles. The number of rotatable bonds is 0. The van der Waals surface area contributed by atoms with Gasteiger partial charge in [0.2, 0.25) is 0 Å². The van der Waals surface area contributed by atoms with Gasteiger partial charge in [0.05, 0.1) is 5.41 Å². The Bertz CT molecular complexity index is 589. The molecule has 21 heavy (non-hydrogen) atoms. The number of Topliss-reactive ketones (excluding diaryl/α,β-unsaturated/α-hetero) is 1. The Hall–Kier alpha value is -1.36. The minimum atomic E-state index is -0.310. The molecule has 0 aliphatic heterocycles. The molecule has 2 heteroatoms. The first kappa shape index (κ1) is 14.6. The lowest BCUT2D eigenvalue weighted by atomic mass is 9.44. The highest BCUT2D eigenvalue weighted by molar-refractivity contribution is 5.92. The molecule has 112 valence electrons. The third kappa shape index (κ3) is 1.79. The quantitative estimate of drug-likeness (QED) is 0.636. The summed E-state index contributed by atoms with van der Waals surface area (Å²) in [6.45, 7) is 6.39. The number of ketones is 2. The van der Waals surface area contributed by atoms with Crippen LogP contribution in [0.25, 0.3) is 0 Å². The Kier molecular flexibility index (Phi) is 3.00. The van der Waals surface area contributed by atoms with E-state index in [2.05, 4.69) is 26.7 Å². The van der Waals surface area contributed by atoms with Crippen molar-refractivity contribution in [3.8, 4) is 12.3 Å². The monoisotopic (exact) mass is 284 g/mol. The van der Waals surface area contributed by atoms with Crippen molar-refractivity contribution < 1.29 is 9.59 Å². The molecular weight excluding hydrogens is 260 g/mol. The van der Waals surface area contributed by atoms with Gasteiger partial charge < -0.3 is 0 Å². The SMILES string of the molecule is C#C[C@]12CCC(=O)C=C1[C@@]1(C)CCC(=O)C(C)(C)[C@@H]1CC2. The van der Waals surface area contributed by atoms with Crippen molar-refractivity contribution in [1.82, 2.24) is 0 Å². The molecule has 0 heterocycles. The third-order valence-corrected chi connectivity index (χ3v) is 6.60. The van der Waals surface area contributed by atoms with Crippen LogP contribution in [0.1, 0.15) is 59.3 Å². The molecule has 0 bridgehead atoms. The second kappa shape index (κ2) is 4.32. The molecule has 2 nitrogen and oxygen atoms in total. The first-order valence-corrected chi connectivity index (χ1v) is 8.03. The summed E-state index contributed by atoms with van der Waals surface area (Å²) in [5.74, 6) is 3.89. The normalized spacial score (nSPS) is 41.6. The van der Waals surface area contributed by atoms with E-state index in [0.29, 0.717) is 24.5 Å².